The molecule has 6 heteroatoms. The highest BCUT2D eigenvalue weighted by molar-refractivity contribution is 5.61. The molecule has 14 heavy (non-hydrogen) atoms. The van der Waals surface area contributed by atoms with Gasteiger partial charge in [-0.15, -0.1) is 0 Å². The minimum atomic E-state index is -0.492. The number of nitrogens with two attached hydrogens (primary N) is 1. The maximum Gasteiger partial charge on any atom is 0.329 e. The third kappa shape index (κ3) is 1.39. The molecule has 0 aliphatic heterocycles. The van der Waals surface area contributed by atoms with E-state index in [0.29, 0.717) is 11.7 Å². The van der Waals surface area contributed by atoms with Gasteiger partial charge in [0.2, 0.25) is 0 Å². The van der Waals surface area contributed by atoms with Crippen LogP contribution in [0.5, 0.6) is 0 Å². The van der Waals surface area contributed by atoms with Gasteiger partial charge >= 0.3 is 5.69 Å². The Morgan fingerprint density at radius 3 is 2.71 bits per heavy atom. The zero-order chi connectivity index (χ0) is 10.3. The molecule has 1 aromatic heterocycles. The van der Waals surface area contributed by atoms with Gasteiger partial charge in [0.25, 0.3) is 5.56 Å². The smallest absolute Gasteiger partial charge is 0.329 e. The number of anilines is 2. The van der Waals surface area contributed by atoms with E-state index in [4.69, 9.17) is 5.73 Å². The molecule has 0 saturated heterocycles. The van der Waals surface area contributed by atoms with Crippen molar-refractivity contribution >= 4 is 11.5 Å². The molecule has 0 radical (unpaired) electrons. The summed E-state index contributed by atoms with van der Waals surface area (Å²) in [6, 6.07) is 0.330. The molecule has 4 N–H and O–H groups in total. The van der Waals surface area contributed by atoms with E-state index >= 15 is 0 Å². The SMILES string of the molecule is Cn1c(N)c(NC2CC2)c(=O)[nH]c1=O. The van der Waals surface area contributed by atoms with Crippen molar-refractivity contribution in [1.29, 1.82) is 0 Å². The third-order valence-corrected chi connectivity index (χ3v) is 2.30. The van der Waals surface area contributed by atoms with E-state index in [1.54, 1.807) is 0 Å². The molecule has 0 amide bonds. The Hall–Kier alpha value is -1.72. The van der Waals surface area contributed by atoms with Gasteiger partial charge in [-0.25, -0.2) is 4.79 Å². The van der Waals surface area contributed by atoms with Crippen molar-refractivity contribution in [2.75, 3.05) is 11.1 Å². The number of nitrogen functional groups attached to an aromatic ring is 1. The monoisotopic (exact) mass is 196 g/mol. The summed E-state index contributed by atoms with van der Waals surface area (Å²) in [6.45, 7) is 0. The van der Waals surface area contributed by atoms with E-state index in [-0.39, 0.29) is 5.82 Å². The fraction of sp³-hybridized carbons (Fsp3) is 0.500. The van der Waals surface area contributed by atoms with Crippen molar-refractivity contribution in [1.82, 2.24) is 9.55 Å². The Labute approximate surface area is 79.7 Å². The van der Waals surface area contributed by atoms with Crippen molar-refractivity contribution in [2.24, 2.45) is 7.05 Å². The molecule has 2 rings (SSSR count). The van der Waals surface area contributed by atoms with E-state index in [9.17, 15) is 9.59 Å². The van der Waals surface area contributed by atoms with Crippen molar-refractivity contribution in [3.63, 3.8) is 0 Å². The summed E-state index contributed by atoms with van der Waals surface area (Å²) < 4.78 is 1.21. The van der Waals surface area contributed by atoms with E-state index in [2.05, 4.69) is 10.3 Å². The Morgan fingerprint density at radius 2 is 2.14 bits per heavy atom. The van der Waals surface area contributed by atoms with E-state index in [1.807, 2.05) is 0 Å². The van der Waals surface area contributed by atoms with Crippen LogP contribution < -0.4 is 22.3 Å². The fourth-order valence-electron chi connectivity index (χ4n) is 1.21. The van der Waals surface area contributed by atoms with E-state index < -0.39 is 11.2 Å². The van der Waals surface area contributed by atoms with Crippen LogP contribution in [0.15, 0.2) is 9.59 Å². The maximum absolute atomic E-state index is 11.4. The highest BCUT2D eigenvalue weighted by atomic mass is 16.2. The molecule has 0 bridgehead atoms. The van der Waals surface area contributed by atoms with Crippen molar-refractivity contribution in [2.45, 2.75) is 18.9 Å². The Morgan fingerprint density at radius 1 is 1.50 bits per heavy atom. The maximum atomic E-state index is 11.4. The summed E-state index contributed by atoms with van der Waals surface area (Å²) in [5.74, 6) is 0.186. The first-order valence-corrected chi connectivity index (χ1v) is 4.45. The van der Waals surface area contributed by atoms with Gasteiger partial charge in [0.05, 0.1) is 0 Å². The van der Waals surface area contributed by atoms with Gasteiger partial charge < -0.3 is 11.1 Å². The topological polar surface area (TPSA) is 92.9 Å². The molecule has 6 nitrogen and oxygen atoms in total. The van der Waals surface area contributed by atoms with Gasteiger partial charge in [0, 0.05) is 13.1 Å². The van der Waals surface area contributed by atoms with Gasteiger partial charge in [0.15, 0.2) is 0 Å². The molecular formula is C8H12N4O2. The number of hydrogen-bond acceptors (Lipinski definition) is 4. The summed E-state index contributed by atoms with van der Waals surface area (Å²) in [7, 11) is 1.52. The second-order valence-corrected chi connectivity index (χ2v) is 3.50. The number of aromatic amines is 1. The van der Waals surface area contributed by atoms with Crippen molar-refractivity contribution in [3.05, 3.63) is 20.8 Å². The van der Waals surface area contributed by atoms with Crippen LogP contribution in [0.3, 0.4) is 0 Å². The molecule has 1 aliphatic carbocycles. The molecule has 1 fully saturated rings. The van der Waals surface area contributed by atoms with Crippen molar-refractivity contribution in [3.8, 4) is 0 Å². The number of rotatable bonds is 2. The highest BCUT2D eigenvalue weighted by Crippen LogP contribution is 2.24. The lowest BCUT2D eigenvalue weighted by Gasteiger charge is -2.09. The number of hydrogen-bond donors (Lipinski definition) is 3. The van der Waals surface area contributed by atoms with Gasteiger partial charge in [-0.3, -0.25) is 14.3 Å². The minimum absolute atomic E-state index is 0.186. The lowest BCUT2D eigenvalue weighted by atomic mass is 10.4. The number of aromatic nitrogens is 2. The molecular weight excluding hydrogens is 184 g/mol. The molecule has 1 aromatic rings. The van der Waals surface area contributed by atoms with E-state index in [1.165, 1.54) is 11.6 Å². The van der Waals surface area contributed by atoms with Crippen LogP contribution in [0, 0.1) is 0 Å². The molecule has 1 saturated carbocycles. The summed E-state index contributed by atoms with van der Waals surface area (Å²) >= 11 is 0. The first kappa shape index (κ1) is 8.86. The van der Waals surface area contributed by atoms with Crippen molar-refractivity contribution < 1.29 is 0 Å². The largest absolute Gasteiger partial charge is 0.383 e. The predicted octanol–water partition coefficient (Wildman–Crippen LogP) is -0.770. The van der Waals surface area contributed by atoms with Crippen LogP contribution in [-0.4, -0.2) is 15.6 Å². The summed E-state index contributed by atoms with van der Waals surface area (Å²) in [4.78, 5) is 24.7. The average Bonchev–Trinajstić information content (AvgIpc) is 2.92. The normalized spacial score (nSPS) is 15.5. The highest BCUT2D eigenvalue weighted by Gasteiger charge is 2.23. The van der Waals surface area contributed by atoms with Crippen LogP contribution in [0.2, 0.25) is 0 Å². The number of nitrogens with zero attached hydrogens (tertiary/aromatic N) is 1. The summed E-state index contributed by atoms with van der Waals surface area (Å²) in [5, 5.41) is 2.99. The van der Waals surface area contributed by atoms with Crippen LogP contribution in [0.25, 0.3) is 0 Å². The van der Waals surface area contributed by atoms with Gasteiger partial charge in [-0.2, -0.15) is 0 Å². The standard InChI is InChI=1S/C8H12N4O2/c1-12-6(9)5(10-4-2-3-4)7(13)11-8(12)14/h4,10H,2-3,9H2,1H3,(H,11,13,14). The van der Waals surface area contributed by atoms with Crippen LogP contribution in [0.1, 0.15) is 12.8 Å². The zero-order valence-electron chi connectivity index (χ0n) is 7.83. The Balaban J connectivity index is 2.51. The minimum Gasteiger partial charge on any atom is -0.383 e. The van der Waals surface area contributed by atoms with Gasteiger partial charge in [-0.05, 0) is 12.8 Å². The van der Waals surface area contributed by atoms with Crippen LogP contribution in [-0.2, 0) is 7.05 Å². The number of nitrogens with one attached hydrogen (secondary N) is 2. The predicted molar refractivity (Wildman–Crippen MR) is 53.4 cm³/mol. The molecule has 0 atom stereocenters. The molecule has 0 unspecified atom stereocenters. The Bertz CT molecular complexity index is 469. The first-order chi connectivity index (χ1) is 6.59. The molecule has 1 heterocycles. The van der Waals surface area contributed by atoms with Crippen LogP contribution in [0.4, 0.5) is 11.5 Å². The van der Waals surface area contributed by atoms with Gasteiger partial charge in [0.1, 0.15) is 11.5 Å². The first-order valence-electron chi connectivity index (χ1n) is 4.45. The fourth-order valence-corrected chi connectivity index (χ4v) is 1.21. The lowest BCUT2D eigenvalue weighted by molar-refractivity contribution is 0.812. The zero-order valence-corrected chi connectivity index (χ0v) is 7.83. The lowest BCUT2D eigenvalue weighted by Crippen LogP contribution is -2.32. The quantitative estimate of drug-likeness (QED) is 0.579. The number of H-pyrrole nitrogens is 1. The van der Waals surface area contributed by atoms with Crippen LogP contribution >= 0.6 is 0 Å². The second-order valence-electron chi connectivity index (χ2n) is 3.50. The summed E-state index contributed by atoms with van der Waals surface area (Å²) in [5.41, 5.74) is 5.00. The van der Waals surface area contributed by atoms with Gasteiger partial charge in [-0.1, -0.05) is 0 Å². The molecule has 0 aromatic carbocycles. The second kappa shape index (κ2) is 2.90. The molecule has 1 aliphatic rings. The Kier molecular flexibility index (Phi) is 1.83. The molecule has 76 valence electrons. The summed E-state index contributed by atoms with van der Waals surface area (Å²) in [6.07, 6.45) is 2.09. The van der Waals surface area contributed by atoms with E-state index in [0.717, 1.165) is 12.8 Å². The third-order valence-electron chi connectivity index (χ3n) is 2.30. The average molecular weight is 196 g/mol. The molecule has 0 spiro atoms.